The van der Waals surface area contributed by atoms with Gasteiger partial charge < -0.3 is 10.5 Å². The van der Waals surface area contributed by atoms with E-state index in [0.29, 0.717) is 11.3 Å². The van der Waals surface area contributed by atoms with Crippen molar-refractivity contribution in [2.45, 2.75) is 13.0 Å². The molecule has 0 saturated carbocycles. The Morgan fingerprint density at radius 1 is 1.33 bits per heavy atom. The van der Waals surface area contributed by atoms with Crippen LogP contribution in [0.5, 0.6) is 0 Å². The maximum atomic E-state index is 11.3. The molecule has 15 heavy (non-hydrogen) atoms. The number of rotatable bonds is 1. The number of carbonyl (C=O) groups is 1. The minimum Gasteiger partial charge on any atom is -0.448 e. The summed E-state index contributed by atoms with van der Waals surface area (Å²) in [5.41, 5.74) is 7.70. The second-order valence-corrected chi connectivity index (χ2v) is 4.33. The van der Waals surface area contributed by atoms with Crippen LogP contribution in [0.15, 0.2) is 40.0 Å². The van der Waals surface area contributed by atoms with E-state index in [9.17, 15) is 4.79 Å². The van der Waals surface area contributed by atoms with E-state index in [-0.39, 0.29) is 5.97 Å². The first-order valence-corrected chi connectivity index (χ1v) is 5.31. The quantitative estimate of drug-likeness (QED) is 0.795. The van der Waals surface area contributed by atoms with E-state index in [1.165, 1.54) is 0 Å². The van der Waals surface area contributed by atoms with Crippen LogP contribution in [-0.4, -0.2) is 5.97 Å². The van der Waals surface area contributed by atoms with Crippen molar-refractivity contribution >= 4 is 21.9 Å². The molecule has 0 fully saturated rings. The Hall–Kier alpha value is -1.29. The van der Waals surface area contributed by atoms with Gasteiger partial charge in [0.15, 0.2) is 6.10 Å². The summed E-state index contributed by atoms with van der Waals surface area (Å²) in [5, 5.41) is 0. The number of halogens is 1. The standard InChI is InChI=1S/C11H10BrNO2/c1-6-9(13)10(15-11(6)14)7-2-4-8(12)5-3-7/h2-5,10H,13H2,1H3. The fourth-order valence-corrected chi connectivity index (χ4v) is 1.72. The van der Waals surface area contributed by atoms with E-state index in [1.54, 1.807) is 6.92 Å². The predicted molar refractivity (Wildman–Crippen MR) is 59.9 cm³/mol. The van der Waals surface area contributed by atoms with Gasteiger partial charge in [0.25, 0.3) is 0 Å². The van der Waals surface area contributed by atoms with Crippen molar-refractivity contribution in [1.82, 2.24) is 0 Å². The third-order valence-electron chi connectivity index (χ3n) is 2.42. The summed E-state index contributed by atoms with van der Waals surface area (Å²) in [6, 6.07) is 7.55. The van der Waals surface area contributed by atoms with Crippen molar-refractivity contribution in [2.24, 2.45) is 5.73 Å². The number of benzene rings is 1. The molecule has 1 aromatic carbocycles. The number of hydrogen-bond donors (Lipinski definition) is 1. The molecule has 1 aromatic rings. The Kier molecular flexibility index (Phi) is 2.52. The lowest BCUT2D eigenvalue weighted by atomic mass is 10.1. The molecule has 1 heterocycles. The van der Waals surface area contributed by atoms with Crippen LogP contribution < -0.4 is 5.73 Å². The average Bonchev–Trinajstić information content (AvgIpc) is 2.47. The molecule has 1 aliphatic rings. The van der Waals surface area contributed by atoms with Gasteiger partial charge in [-0.05, 0) is 24.6 Å². The summed E-state index contributed by atoms with van der Waals surface area (Å²) >= 11 is 3.34. The molecule has 0 bridgehead atoms. The normalized spacial score (nSPS) is 20.7. The van der Waals surface area contributed by atoms with Gasteiger partial charge in [-0.1, -0.05) is 28.1 Å². The lowest BCUT2D eigenvalue weighted by Crippen LogP contribution is -2.08. The molecular weight excluding hydrogens is 258 g/mol. The molecule has 2 rings (SSSR count). The molecule has 4 heteroatoms. The monoisotopic (exact) mass is 267 g/mol. The molecule has 0 saturated heterocycles. The van der Waals surface area contributed by atoms with E-state index in [0.717, 1.165) is 10.0 Å². The van der Waals surface area contributed by atoms with Crippen LogP contribution in [0.2, 0.25) is 0 Å². The third-order valence-corrected chi connectivity index (χ3v) is 2.95. The second-order valence-electron chi connectivity index (χ2n) is 3.42. The Labute approximate surface area is 96.0 Å². The molecule has 0 aromatic heterocycles. The van der Waals surface area contributed by atoms with Crippen molar-refractivity contribution in [2.75, 3.05) is 0 Å². The minimum atomic E-state index is -0.425. The largest absolute Gasteiger partial charge is 0.448 e. The van der Waals surface area contributed by atoms with Crippen LogP contribution in [0.4, 0.5) is 0 Å². The fraction of sp³-hybridized carbons (Fsp3) is 0.182. The first-order chi connectivity index (χ1) is 7.09. The van der Waals surface area contributed by atoms with Gasteiger partial charge >= 0.3 is 5.97 Å². The van der Waals surface area contributed by atoms with Gasteiger partial charge in [0.1, 0.15) is 0 Å². The van der Waals surface area contributed by atoms with Crippen LogP contribution >= 0.6 is 15.9 Å². The van der Waals surface area contributed by atoms with E-state index in [1.807, 2.05) is 24.3 Å². The summed E-state index contributed by atoms with van der Waals surface area (Å²) in [7, 11) is 0. The van der Waals surface area contributed by atoms with Crippen LogP contribution in [0.25, 0.3) is 0 Å². The Balaban J connectivity index is 2.35. The Bertz CT molecular complexity index is 436. The van der Waals surface area contributed by atoms with Crippen LogP contribution in [0.3, 0.4) is 0 Å². The van der Waals surface area contributed by atoms with Crippen molar-refractivity contribution in [3.05, 3.63) is 45.6 Å². The van der Waals surface area contributed by atoms with Crippen LogP contribution in [-0.2, 0) is 9.53 Å². The first kappa shape index (κ1) is 10.2. The molecule has 1 aliphatic heterocycles. The maximum absolute atomic E-state index is 11.3. The number of ether oxygens (including phenoxy) is 1. The molecular formula is C11H10BrNO2. The molecule has 1 unspecified atom stereocenters. The highest BCUT2D eigenvalue weighted by atomic mass is 79.9. The summed E-state index contributed by atoms with van der Waals surface area (Å²) < 4.78 is 6.14. The van der Waals surface area contributed by atoms with Gasteiger partial charge in [0, 0.05) is 4.47 Å². The number of carbonyl (C=O) groups excluding carboxylic acids is 1. The minimum absolute atomic E-state index is 0.333. The highest BCUT2D eigenvalue weighted by Crippen LogP contribution is 2.32. The lowest BCUT2D eigenvalue weighted by Gasteiger charge is -2.11. The predicted octanol–water partition coefficient (Wildman–Crippen LogP) is 2.28. The maximum Gasteiger partial charge on any atom is 0.336 e. The van der Waals surface area contributed by atoms with Gasteiger partial charge in [-0.2, -0.15) is 0 Å². The summed E-state index contributed by atoms with van der Waals surface area (Å²) in [6.45, 7) is 1.68. The highest BCUT2D eigenvalue weighted by Gasteiger charge is 2.30. The number of esters is 1. The average molecular weight is 268 g/mol. The number of nitrogens with two attached hydrogens (primary N) is 1. The second kappa shape index (κ2) is 3.70. The summed E-state index contributed by atoms with van der Waals surface area (Å²) in [6.07, 6.45) is -0.425. The van der Waals surface area contributed by atoms with Crippen molar-refractivity contribution < 1.29 is 9.53 Å². The van der Waals surface area contributed by atoms with E-state index in [2.05, 4.69) is 15.9 Å². The molecule has 3 nitrogen and oxygen atoms in total. The summed E-state index contributed by atoms with van der Waals surface area (Å²) in [4.78, 5) is 11.3. The molecule has 2 N–H and O–H groups in total. The Morgan fingerprint density at radius 3 is 2.40 bits per heavy atom. The molecule has 0 spiro atoms. The topological polar surface area (TPSA) is 52.3 Å². The van der Waals surface area contributed by atoms with E-state index >= 15 is 0 Å². The molecule has 0 aliphatic carbocycles. The first-order valence-electron chi connectivity index (χ1n) is 4.52. The fourth-order valence-electron chi connectivity index (χ4n) is 1.46. The van der Waals surface area contributed by atoms with E-state index in [4.69, 9.17) is 10.5 Å². The third kappa shape index (κ3) is 1.77. The number of hydrogen-bond acceptors (Lipinski definition) is 3. The molecule has 0 amide bonds. The summed E-state index contributed by atoms with van der Waals surface area (Å²) in [5.74, 6) is -0.333. The number of cyclic esters (lactones) is 1. The molecule has 78 valence electrons. The molecule has 0 radical (unpaired) electrons. The highest BCUT2D eigenvalue weighted by molar-refractivity contribution is 9.10. The van der Waals surface area contributed by atoms with Gasteiger partial charge in [-0.3, -0.25) is 0 Å². The van der Waals surface area contributed by atoms with Crippen molar-refractivity contribution in [1.29, 1.82) is 0 Å². The van der Waals surface area contributed by atoms with Crippen molar-refractivity contribution in [3.63, 3.8) is 0 Å². The van der Waals surface area contributed by atoms with E-state index < -0.39 is 6.10 Å². The van der Waals surface area contributed by atoms with Crippen molar-refractivity contribution in [3.8, 4) is 0 Å². The smallest absolute Gasteiger partial charge is 0.336 e. The zero-order chi connectivity index (χ0) is 11.0. The lowest BCUT2D eigenvalue weighted by molar-refractivity contribution is -0.140. The van der Waals surface area contributed by atoms with Crippen LogP contribution in [0, 0.1) is 0 Å². The van der Waals surface area contributed by atoms with Gasteiger partial charge in [-0.15, -0.1) is 0 Å². The van der Waals surface area contributed by atoms with Gasteiger partial charge in [-0.25, -0.2) is 4.79 Å². The van der Waals surface area contributed by atoms with Gasteiger partial charge in [0.05, 0.1) is 11.3 Å². The van der Waals surface area contributed by atoms with Crippen LogP contribution in [0.1, 0.15) is 18.6 Å². The Morgan fingerprint density at radius 2 is 1.93 bits per heavy atom. The zero-order valence-corrected chi connectivity index (χ0v) is 9.74. The molecule has 1 atom stereocenters. The zero-order valence-electron chi connectivity index (χ0n) is 8.16. The SMILES string of the molecule is CC1=C(N)C(c2ccc(Br)cc2)OC1=O. The van der Waals surface area contributed by atoms with Gasteiger partial charge in [0.2, 0.25) is 0 Å².